The van der Waals surface area contributed by atoms with Crippen LogP contribution in [0.1, 0.15) is 63.5 Å². The molecule has 1 atom stereocenters. The van der Waals surface area contributed by atoms with Crippen LogP contribution in [-0.4, -0.2) is 12.2 Å². The van der Waals surface area contributed by atoms with Crippen molar-refractivity contribution in [2.75, 3.05) is 7.11 Å². The fraction of sp³-hybridized carbons (Fsp3) is 0.625. The van der Waals surface area contributed by atoms with Crippen LogP contribution in [0.3, 0.4) is 0 Å². The summed E-state index contributed by atoms with van der Waals surface area (Å²) < 4.78 is 18.8. The molecule has 0 heterocycles. The molecule has 0 saturated heterocycles. The maximum Gasteiger partial charge on any atom is 0.132 e. The number of unbranched alkanes of at least 4 members (excludes halogenated alkanes) is 5. The van der Waals surface area contributed by atoms with E-state index in [9.17, 15) is 9.50 Å². The molecule has 0 aliphatic heterocycles. The predicted octanol–water partition coefficient (Wildman–Crippen LogP) is 4.62. The Labute approximate surface area is 115 Å². The van der Waals surface area contributed by atoms with Crippen molar-refractivity contribution in [2.24, 2.45) is 0 Å². The molecule has 1 unspecified atom stereocenters. The highest BCUT2D eigenvalue weighted by Gasteiger charge is 2.17. The number of aliphatic hydroxyl groups excluding tert-OH is 1. The van der Waals surface area contributed by atoms with Gasteiger partial charge in [-0.1, -0.05) is 51.5 Å². The molecule has 0 fully saturated rings. The van der Waals surface area contributed by atoms with Crippen LogP contribution >= 0.6 is 0 Å². The molecule has 0 aliphatic rings. The zero-order valence-electron chi connectivity index (χ0n) is 12.0. The molecule has 108 valence electrons. The van der Waals surface area contributed by atoms with E-state index in [0.29, 0.717) is 17.7 Å². The lowest BCUT2D eigenvalue weighted by atomic mass is 10.0. The Morgan fingerprint density at radius 2 is 1.84 bits per heavy atom. The third-order valence-electron chi connectivity index (χ3n) is 3.40. The Bertz CT molecular complexity index is 366. The molecule has 3 heteroatoms. The maximum absolute atomic E-state index is 13.7. The number of hydrogen-bond acceptors (Lipinski definition) is 2. The first-order chi connectivity index (χ1) is 9.20. The summed E-state index contributed by atoms with van der Waals surface area (Å²) in [4.78, 5) is 0. The third kappa shape index (κ3) is 5.19. The van der Waals surface area contributed by atoms with E-state index in [1.807, 2.05) is 0 Å². The van der Waals surface area contributed by atoms with Crippen LogP contribution < -0.4 is 4.74 Å². The molecule has 1 aromatic rings. The molecular weight excluding hydrogens is 243 g/mol. The van der Waals surface area contributed by atoms with E-state index in [1.54, 1.807) is 12.1 Å². The average molecular weight is 268 g/mol. The standard InChI is InChI=1S/C16H25FO2/c1-3-4-5-6-7-8-11-14(18)16-13(17)10-9-12-15(16)19-2/h9-10,12,14,18H,3-8,11H2,1-2H3. The molecule has 1 aromatic carbocycles. The molecule has 0 radical (unpaired) electrons. The zero-order chi connectivity index (χ0) is 14.1. The van der Waals surface area contributed by atoms with Crippen molar-refractivity contribution in [1.82, 2.24) is 0 Å². The summed E-state index contributed by atoms with van der Waals surface area (Å²) in [7, 11) is 1.50. The molecule has 0 amide bonds. The second-order valence-corrected chi connectivity index (χ2v) is 4.93. The average Bonchev–Trinajstić information content (AvgIpc) is 2.42. The van der Waals surface area contributed by atoms with E-state index < -0.39 is 11.9 Å². The van der Waals surface area contributed by atoms with Crippen molar-refractivity contribution in [3.63, 3.8) is 0 Å². The Morgan fingerprint density at radius 1 is 1.16 bits per heavy atom. The lowest BCUT2D eigenvalue weighted by Crippen LogP contribution is -2.04. The maximum atomic E-state index is 13.7. The van der Waals surface area contributed by atoms with Crippen molar-refractivity contribution in [1.29, 1.82) is 0 Å². The van der Waals surface area contributed by atoms with Crippen molar-refractivity contribution >= 4 is 0 Å². The summed E-state index contributed by atoms with van der Waals surface area (Å²) in [6, 6.07) is 4.64. The Morgan fingerprint density at radius 3 is 2.53 bits per heavy atom. The molecule has 0 saturated carbocycles. The minimum atomic E-state index is -0.776. The number of halogens is 1. The van der Waals surface area contributed by atoms with Crippen molar-refractivity contribution < 1.29 is 14.2 Å². The summed E-state index contributed by atoms with van der Waals surface area (Å²) in [6.45, 7) is 2.19. The summed E-state index contributed by atoms with van der Waals surface area (Å²) in [5.74, 6) is 0.0383. The quantitative estimate of drug-likeness (QED) is 0.662. The van der Waals surface area contributed by atoms with Gasteiger partial charge in [0.15, 0.2) is 0 Å². The molecule has 2 nitrogen and oxygen atoms in total. The Hall–Kier alpha value is -1.09. The largest absolute Gasteiger partial charge is 0.496 e. The van der Waals surface area contributed by atoms with Crippen LogP contribution in [0, 0.1) is 5.82 Å². The van der Waals surface area contributed by atoms with Gasteiger partial charge in [0, 0.05) is 0 Å². The van der Waals surface area contributed by atoms with Crippen LogP contribution in [0.4, 0.5) is 4.39 Å². The normalized spacial score (nSPS) is 12.4. The first kappa shape index (κ1) is 16.0. The molecule has 0 bridgehead atoms. The Kier molecular flexibility index (Phi) is 7.49. The molecule has 19 heavy (non-hydrogen) atoms. The van der Waals surface area contributed by atoms with Gasteiger partial charge in [-0.25, -0.2) is 4.39 Å². The zero-order valence-corrected chi connectivity index (χ0v) is 12.0. The van der Waals surface area contributed by atoms with E-state index in [-0.39, 0.29) is 0 Å². The van der Waals surface area contributed by atoms with E-state index in [1.165, 1.54) is 38.9 Å². The van der Waals surface area contributed by atoms with Crippen LogP contribution in [0.2, 0.25) is 0 Å². The van der Waals surface area contributed by atoms with Gasteiger partial charge in [0.05, 0.1) is 18.8 Å². The topological polar surface area (TPSA) is 29.5 Å². The SMILES string of the molecule is CCCCCCCCC(O)c1c(F)cccc1OC. The van der Waals surface area contributed by atoms with E-state index in [2.05, 4.69) is 6.92 Å². The fourth-order valence-electron chi connectivity index (χ4n) is 2.28. The minimum absolute atomic E-state index is 0.290. The van der Waals surface area contributed by atoms with Crippen molar-refractivity contribution in [3.05, 3.63) is 29.6 Å². The molecule has 0 spiro atoms. The second-order valence-electron chi connectivity index (χ2n) is 4.93. The van der Waals surface area contributed by atoms with Gasteiger partial charge in [0.1, 0.15) is 11.6 Å². The van der Waals surface area contributed by atoms with Gasteiger partial charge in [-0.3, -0.25) is 0 Å². The first-order valence-electron chi connectivity index (χ1n) is 7.21. The summed E-state index contributed by atoms with van der Waals surface area (Å²) in [5, 5.41) is 10.1. The Balaban J connectivity index is 2.43. The molecular formula is C16H25FO2. The van der Waals surface area contributed by atoms with E-state index in [4.69, 9.17) is 4.74 Å². The fourth-order valence-corrected chi connectivity index (χ4v) is 2.28. The lowest BCUT2D eigenvalue weighted by Gasteiger charge is -2.15. The van der Waals surface area contributed by atoms with Gasteiger partial charge in [0.25, 0.3) is 0 Å². The highest BCUT2D eigenvalue weighted by atomic mass is 19.1. The summed E-state index contributed by atoms with van der Waals surface area (Å²) in [5.41, 5.74) is 0.290. The summed E-state index contributed by atoms with van der Waals surface area (Å²) >= 11 is 0. The van der Waals surface area contributed by atoms with Gasteiger partial charge < -0.3 is 9.84 Å². The van der Waals surface area contributed by atoms with Gasteiger partial charge in [-0.15, -0.1) is 0 Å². The number of hydrogen-bond donors (Lipinski definition) is 1. The predicted molar refractivity (Wildman–Crippen MR) is 75.9 cm³/mol. The van der Waals surface area contributed by atoms with E-state index >= 15 is 0 Å². The highest BCUT2D eigenvalue weighted by molar-refractivity contribution is 5.36. The first-order valence-corrected chi connectivity index (χ1v) is 7.21. The molecule has 0 aromatic heterocycles. The van der Waals surface area contributed by atoms with Crippen LogP contribution in [0.15, 0.2) is 18.2 Å². The van der Waals surface area contributed by atoms with Crippen LogP contribution in [0.5, 0.6) is 5.75 Å². The highest BCUT2D eigenvalue weighted by Crippen LogP contribution is 2.30. The van der Waals surface area contributed by atoms with Gasteiger partial charge in [-0.2, -0.15) is 0 Å². The third-order valence-corrected chi connectivity index (χ3v) is 3.40. The lowest BCUT2D eigenvalue weighted by molar-refractivity contribution is 0.154. The van der Waals surface area contributed by atoms with Crippen LogP contribution in [0.25, 0.3) is 0 Å². The molecule has 1 N–H and O–H groups in total. The smallest absolute Gasteiger partial charge is 0.132 e. The van der Waals surface area contributed by atoms with Crippen LogP contribution in [-0.2, 0) is 0 Å². The van der Waals surface area contributed by atoms with Gasteiger partial charge >= 0.3 is 0 Å². The van der Waals surface area contributed by atoms with Crippen molar-refractivity contribution in [3.8, 4) is 5.75 Å². The van der Waals surface area contributed by atoms with E-state index in [0.717, 1.165) is 12.8 Å². The second kappa shape index (κ2) is 8.92. The number of benzene rings is 1. The van der Waals surface area contributed by atoms with Gasteiger partial charge in [-0.05, 0) is 18.6 Å². The minimum Gasteiger partial charge on any atom is -0.496 e. The number of ether oxygens (including phenoxy) is 1. The number of methoxy groups -OCH3 is 1. The van der Waals surface area contributed by atoms with Gasteiger partial charge in [0.2, 0.25) is 0 Å². The molecule has 0 aliphatic carbocycles. The monoisotopic (exact) mass is 268 g/mol. The van der Waals surface area contributed by atoms with Crippen molar-refractivity contribution in [2.45, 2.75) is 58.0 Å². The number of rotatable bonds is 9. The summed E-state index contributed by atoms with van der Waals surface area (Å²) in [6.07, 6.45) is 6.76. The molecule has 1 rings (SSSR count). The number of aliphatic hydroxyl groups is 1.